The van der Waals surface area contributed by atoms with E-state index in [0.29, 0.717) is 12.8 Å². The molecule has 0 aromatic heterocycles. The molecule has 0 radical (unpaired) electrons. The number of hydrogen-bond donors (Lipinski definition) is 1. The molecule has 0 aliphatic heterocycles. The molecular weight excluding hydrogens is 344 g/mol. The van der Waals surface area contributed by atoms with E-state index in [-0.39, 0.29) is 31.0 Å². The van der Waals surface area contributed by atoms with Crippen LogP contribution >= 0.6 is 0 Å². The number of carbonyl (C=O) groups is 3. The first-order valence-corrected chi connectivity index (χ1v) is 8.95. The van der Waals surface area contributed by atoms with Crippen LogP contribution in [0.15, 0.2) is 54.6 Å². The molecule has 0 heterocycles. The highest BCUT2D eigenvalue weighted by molar-refractivity contribution is 5.85. The molecule has 5 nitrogen and oxygen atoms in total. The zero-order valence-corrected chi connectivity index (χ0v) is 15.4. The van der Waals surface area contributed by atoms with Gasteiger partial charge in [0.1, 0.15) is 5.78 Å². The van der Waals surface area contributed by atoms with Crippen LogP contribution < -0.4 is 0 Å². The minimum absolute atomic E-state index is 0.131. The third-order valence-corrected chi connectivity index (χ3v) is 4.45. The molecule has 142 valence electrons. The maximum Gasteiger partial charge on any atom is 0.305 e. The summed E-state index contributed by atoms with van der Waals surface area (Å²) in [6, 6.07) is 17.8. The normalized spacial score (nSPS) is 11.6. The first-order chi connectivity index (χ1) is 13.0. The molecule has 27 heavy (non-hydrogen) atoms. The Morgan fingerprint density at radius 1 is 0.926 bits per heavy atom. The molecule has 5 heteroatoms. The summed E-state index contributed by atoms with van der Waals surface area (Å²) in [5.74, 6) is -2.09. The van der Waals surface area contributed by atoms with Crippen molar-refractivity contribution in [1.29, 1.82) is 0 Å². The maximum atomic E-state index is 12.4. The average molecular weight is 368 g/mol. The van der Waals surface area contributed by atoms with Gasteiger partial charge in [-0.3, -0.25) is 14.4 Å². The minimum Gasteiger partial charge on any atom is -0.481 e. The van der Waals surface area contributed by atoms with E-state index in [1.165, 1.54) is 7.11 Å². The highest BCUT2D eigenvalue weighted by atomic mass is 16.5. The second kappa shape index (κ2) is 10.3. The largest absolute Gasteiger partial charge is 0.481 e. The summed E-state index contributed by atoms with van der Waals surface area (Å²) in [6.07, 6.45) is 0.868. The first kappa shape index (κ1) is 20.4. The number of carboxylic acids is 1. The molecule has 2 aromatic carbocycles. The van der Waals surface area contributed by atoms with E-state index in [1.54, 1.807) is 0 Å². The Morgan fingerprint density at radius 2 is 1.56 bits per heavy atom. The molecule has 0 spiro atoms. The number of aliphatic carboxylic acids is 1. The molecule has 1 N–H and O–H groups in total. The van der Waals surface area contributed by atoms with Gasteiger partial charge in [0.2, 0.25) is 0 Å². The number of rotatable bonds is 10. The van der Waals surface area contributed by atoms with E-state index < -0.39 is 11.9 Å². The topological polar surface area (TPSA) is 80.7 Å². The number of methoxy groups -OCH3 is 1. The molecule has 0 saturated carbocycles. The molecule has 0 unspecified atom stereocenters. The summed E-state index contributed by atoms with van der Waals surface area (Å²) in [4.78, 5) is 34.7. The van der Waals surface area contributed by atoms with Gasteiger partial charge in [-0.05, 0) is 29.5 Å². The highest BCUT2D eigenvalue weighted by Gasteiger charge is 2.22. The standard InChI is InChI=1S/C22H24O5/c1-27-22(26)9-5-8-20(23)19(15-21(24)25)14-16-10-12-18(13-11-16)17-6-3-2-4-7-17/h2-4,6-7,10-13,19H,5,8-9,14-15H2,1H3,(H,24,25)/t19-/m1/s1. The number of benzene rings is 2. The van der Waals surface area contributed by atoms with Crippen LogP contribution in [0.5, 0.6) is 0 Å². The zero-order chi connectivity index (χ0) is 19.6. The van der Waals surface area contributed by atoms with E-state index in [0.717, 1.165) is 16.7 Å². The summed E-state index contributed by atoms with van der Waals surface area (Å²) in [5.41, 5.74) is 3.09. The second-order valence-electron chi connectivity index (χ2n) is 6.46. The van der Waals surface area contributed by atoms with Crippen molar-refractivity contribution in [2.75, 3.05) is 7.11 Å². The maximum absolute atomic E-state index is 12.4. The lowest BCUT2D eigenvalue weighted by molar-refractivity contribution is -0.142. The predicted octanol–water partition coefficient (Wildman–Crippen LogP) is 3.90. The molecule has 0 saturated heterocycles. The van der Waals surface area contributed by atoms with Gasteiger partial charge in [-0.15, -0.1) is 0 Å². The number of hydrogen-bond acceptors (Lipinski definition) is 4. The molecule has 0 bridgehead atoms. The molecule has 2 aromatic rings. The Kier molecular flexibility index (Phi) is 7.74. The quantitative estimate of drug-likeness (QED) is 0.643. The monoisotopic (exact) mass is 368 g/mol. The van der Waals surface area contributed by atoms with E-state index >= 15 is 0 Å². The molecule has 1 atom stereocenters. The number of Topliss-reactive ketones (excluding diaryl/α,β-unsaturated/α-hetero) is 1. The van der Waals surface area contributed by atoms with Crippen molar-refractivity contribution in [3.63, 3.8) is 0 Å². The van der Waals surface area contributed by atoms with E-state index in [2.05, 4.69) is 4.74 Å². The van der Waals surface area contributed by atoms with Crippen LogP contribution in [0.1, 0.15) is 31.2 Å². The van der Waals surface area contributed by atoms with E-state index in [1.807, 2.05) is 54.6 Å². The Bertz CT molecular complexity index is 765. The van der Waals surface area contributed by atoms with E-state index in [4.69, 9.17) is 5.11 Å². The van der Waals surface area contributed by atoms with Gasteiger partial charge in [0.25, 0.3) is 0 Å². The SMILES string of the molecule is COC(=O)CCCC(=O)[C@@H](CC(=O)O)Cc1ccc(-c2ccccc2)cc1. The van der Waals surface area contributed by atoms with Gasteiger partial charge in [0.05, 0.1) is 13.5 Å². The van der Waals surface area contributed by atoms with Gasteiger partial charge < -0.3 is 9.84 Å². The highest BCUT2D eigenvalue weighted by Crippen LogP contribution is 2.22. The van der Waals surface area contributed by atoms with Gasteiger partial charge in [0.15, 0.2) is 0 Å². The molecule has 0 aliphatic carbocycles. The van der Waals surface area contributed by atoms with Crippen molar-refractivity contribution in [1.82, 2.24) is 0 Å². The molecule has 0 amide bonds. The van der Waals surface area contributed by atoms with Crippen LogP contribution in [0.4, 0.5) is 0 Å². The van der Waals surface area contributed by atoms with Crippen molar-refractivity contribution in [3.8, 4) is 11.1 Å². The Labute approximate surface area is 159 Å². The van der Waals surface area contributed by atoms with Crippen molar-refractivity contribution >= 4 is 17.7 Å². The van der Waals surface area contributed by atoms with Gasteiger partial charge in [-0.25, -0.2) is 0 Å². The van der Waals surface area contributed by atoms with Crippen LogP contribution in [0.25, 0.3) is 11.1 Å². The summed E-state index contributed by atoms with van der Waals surface area (Å²) < 4.78 is 4.56. The lowest BCUT2D eigenvalue weighted by atomic mass is 9.89. The lowest BCUT2D eigenvalue weighted by Gasteiger charge is -2.14. The van der Waals surface area contributed by atoms with Crippen molar-refractivity contribution in [3.05, 3.63) is 60.2 Å². The van der Waals surface area contributed by atoms with Crippen molar-refractivity contribution < 1.29 is 24.2 Å². The fourth-order valence-electron chi connectivity index (χ4n) is 2.97. The number of carboxylic acid groups (broad SMARTS) is 1. The summed E-state index contributed by atoms with van der Waals surface area (Å²) in [6.45, 7) is 0. The third kappa shape index (κ3) is 6.70. The molecule has 0 fully saturated rings. The van der Waals surface area contributed by atoms with Crippen LogP contribution in [0.3, 0.4) is 0 Å². The van der Waals surface area contributed by atoms with Crippen LogP contribution in [0.2, 0.25) is 0 Å². The van der Waals surface area contributed by atoms with Gasteiger partial charge in [-0.2, -0.15) is 0 Å². The van der Waals surface area contributed by atoms with Crippen molar-refractivity contribution in [2.45, 2.75) is 32.1 Å². The number of ketones is 1. The number of esters is 1. The Hall–Kier alpha value is -2.95. The fraction of sp³-hybridized carbons (Fsp3) is 0.318. The van der Waals surface area contributed by atoms with Gasteiger partial charge >= 0.3 is 11.9 Å². The molecular formula is C22H24O5. The van der Waals surface area contributed by atoms with Crippen molar-refractivity contribution in [2.24, 2.45) is 5.92 Å². The summed E-state index contributed by atoms with van der Waals surface area (Å²) in [7, 11) is 1.30. The Balaban J connectivity index is 2.01. The second-order valence-corrected chi connectivity index (χ2v) is 6.46. The summed E-state index contributed by atoms with van der Waals surface area (Å²) >= 11 is 0. The fourth-order valence-corrected chi connectivity index (χ4v) is 2.97. The van der Waals surface area contributed by atoms with Gasteiger partial charge in [0, 0.05) is 18.8 Å². The first-order valence-electron chi connectivity index (χ1n) is 8.95. The number of carbonyl (C=O) groups excluding carboxylic acids is 2. The summed E-state index contributed by atoms with van der Waals surface area (Å²) in [5, 5.41) is 9.13. The lowest BCUT2D eigenvalue weighted by Crippen LogP contribution is -2.21. The number of ether oxygens (including phenoxy) is 1. The predicted molar refractivity (Wildman–Crippen MR) is 102 cm³/mol. The van der Waals surface area contributed by atoms with E-state index in [9.17, 15) is 14.4 Å². The van der Waals surface area contributed by atoms with Crippen LogP contribution in [0, 0.1) is 5.92 Å². The van der Waals surface area contributed by atoms with Crippen LogP contribution in [-0.4, -0.2) is 29.9 Å². The molecule has 2 rings (SSSR count). The molecule has 0 aliphatic rings. The third-order valence-electron chi connectivity index (χ3n) is 4.45. The zero-order valence-electron chi connectivity index (χ0n) is 15.4. The van der Waals surface area contributed by atoms with Crippen LogP contribution in [-0.2, 0) is 25.5 Å². The minimum atomic E-state index is -0.998. The van der Waals surface area contributed by atoms with Gasteiger partial charge in [-0.1, -0.05) is 54.6 Å². The average Bonchev–Trinajstić information content (AvgIpc) is 2.68. The Morgan fingerprint density at radius 3 is 2.15 bits per heavy atom. The smallest absolute Gasteiger partial charge is 0.305 e.